The normalized spacial score (nSPS) is 34.2. The van der Waals surface area contributed by atoms with E-state index in [9.17, 15) is 0 Å². The third kappa shape index (κ3) is 3.00. The van der Waals surface area contributed by atoms with Crippen LogP contribution in [0.2, 0.25) is 5.02 Å². The van der Waals surface area contributed by atoms with Gasteiger partial charge in [0.05, 0.1) is 0 Å². The first-order valence-electron chi connectivity index (χ1n) is 8.77. The fourth-order valence-corrected chi connectivity index (χ4v) is 5.33. The van der Waals surface area contributed by atoms with E-state index in [0.717, 1.165) is 28.8 Å². The predicted octanol–water partition coefficient (Wildman–Crippen LogP) is 5.10. The van der Waals surface area contributed by atoms with Crippen molar-refractivity contribution in [3.05, 3.63) is 34.9 Å². The van der Waals surface area contributed by atoms with Crippen molar-refractivity contribution in [2.45, 2.75) is 56.9 Å². The summed E-state index contributed by atoms with van der Waals surface area (Å²) >= 11 is 6.14. The van der Waals surface area contributed by atoms with Crippen molar-refractivity contribution in [2.24, 2.45) is 11.8 Å². The maximum absolute atomic E-state index is 6.14. The SMILES string of the molecule is Clc1cccc(C2CCN(C3C[C@H]4CC[C@H](C3)C4)CC2)c1. The van der Waals surface area contributed by atoms with Crippen LogP contribution in [0.1, 0.15) is 56.4 Å². The van der Waals surface area contributed by atoms with Crippen LogP contribution in [0.5, 0.6) is 0 Å². The van der Waals surface area contributed by atoms with Crippen molar-refractivity contribution in [2.75, 3.05) is 13.1 Å². The Morgan fingerprint density at radius 3 is 2.29 bits per heavy atom. The molecule has 21 heavy (non-hydrogen) atoms. The van der Waals surface area contributed by atoms with E-state index in [2.05, 4.69) is 23.1 Å². The second kappa shape index (κ2) is 5.93. The van der Waals surface area contributed by atoms with Gasteiger partial charge in [0.2, 0.25) is 0 Å². The zero-order chi connectivity index (χ0) is 14.2. The van der Waals surface area contributed by atoms with E-state index in [1.165, 1.54) is 63.6 Å². The van der Waals surface area contributed by atoms with Gasteiger partial charge in [0, 0.05) is 11.1 Å². The summed E-state index contributed by atoms with van der Waals surface area (Å²) in [5.41, 5.74) is 1.45. The molecule has 1 aromatic carbocycles. The molecule has 3 fully saturated rings. The smallest absolute Gasteiger partial charge is 0.0408 e. The molecule has 0 unspecified atom stereocenters. The quantitative estimate of drug-likeness (QED) is 0.735. The molecule has 3 aliphatic rings. The highest BCUT2D eigenvalue weighted by molar-refractivity contribution is 6.30. The third-order valence-electron chi connectivity index (χ3n) is 6.23. The second-order valence-corrected chi connectivity index (χ2v) is 7.97. The van der Waals surface area contributed by atoms with Gasteiger partial charge >= 0.3 is 0 Å². The Kier molecular flexibility index (Phi) is 3.98. The summed E-state index contributed by atoms with van der Waals surface area (Å²) in [5, 5.41) is 0.888. The van der Waals surface area contributed by atoms with E-state index in [1.54, 1.807) is 0 Å². The molecular formula is C19H26ClN. The molecular weight excluding hydrogens is 278 g/mol. The molecule has 1 heterocycles. The van der Waals surface area contributed by atoms with Crippen molar-refractivity contribution < 1.29 is 0 Å². The van der Waals surface area contributed by atoms with E-state index in [0.29, 0.717) is 0 Å². The Bertz CT molecular complexity index is 480. The number of hydrogen-bond donors (Lipinski definition) is 0. The topological polar surface area (TPSA) is 3.24 Å². The van der Waals surface area contributed by atoms with Gasteiger partial charge in [-0.1, -0.05) is 36.6 Å². The van der Waals surface area contributed by atoms with Gasteiger partial charge in [-0.15, -0.1) is 0 Å². The van der Waals surface area contributed by atoms with Gasteiger partial charge < -0.3 is 4.90 Å². The summed E-state index contributed by atoms with van der Waals surface area (Å²) in [6, 6.07) is 9.41. The average molecular weight is 304 g/mol. The minimum Gasteiger partial charge on any atom is -0.300 e. The van der Waals surface area contributed by atoms with Crippen LogP contribution >= 0.6 is 11.6 Å². The fourth-order valence-electron chi connectivity index (χ4n) is 5.13. The van der Waals surface area contributed by atoms with Crippen molar-refractivity contribution in [1.82, 2.24) is 4.90 Å². The van der Waals surface area contributed by atoms with Gasteiger partial charge in [-0.25, -0.2) is 0 Å². The van der Waals surface area contributed by atoms with Crippen LogP contribution < -0.4 is 0 Å². The molecule has 4 rings (SSSR count). The van der Waals surface area contributed by atoms with Crippen LogP contribution in [0.4, 0.5) is 0 Å². The molecule has 2 bridgehead atoms. The van der Waals surface area contributed by atoms with Crippen LogP contribution in [0.25, 0.3) is 0 Å². The molecule has 2 aliphatic carbocycles. The Balaban J connectivity index is 1.36. The standard InChI is InChI=1S/C19H26ClN/c20-18-3-1-2-17(13-18)16-6-8-21(9-7-16)19-11-14-4-5-15(10-14)12-19/h1-3,13-16,19H,4-12H2/t14-,15-/m0/s1. The fraction of sp³-hybridized carbons (Fsp3) is 0.684. The first-order valence-corrected chi connectivity index (χ1v) is 9.15. The molecule has 0 aromatic heterocycles. The van der Waals surface area contributed by atoms with Crippen molar-refractivity contribution in [3.63, 3.8) is 0 Å². The van der Waals surface area contributed by atoms with Gasteiger partial charge in [-0.2, -0.15) is 0 Å². The van der Waals surface area contributed by atoms with Crippen LogP contribution in [-0.2, 0) is 0 Å². The van der Waals surface area contributed by atoms with Gasteiger partial charge in [-0.3, -0.25) is 0 Å². The minimum atomic E-state index is 0.722. The summed E-state index contributed by atoms with van der Waals surface area (Å²) in [7, 11) is 0. The molecule has 0 spiro atoms. The highest BCUT2D eigenvalue weighted by atomic mass is 35.5. The molecule has 0 radical (unpaired) electrons. The molecule has 114 valence electrons. The molecule has 2 atom stereocenters. The molecule has 0 amide bonds. The second-order valence-electron chi connectivity index (χ2n) is 7.54. The summed E-state index contributed by atoms with van der Waals surface area (Å²) in [4.78, 5) is 2.81. The van der Waals surface area contributed by atoms with Crippen LogP contribution in [0.3, 0.4) is 0 Å². The number of nitrogens with zero attached hydrogens (tertiary/aromatic N) is 1. The number of hydrogen-bond acceptors (Lipinski definition) is 1. The first-order chi connectivity index (χ1) is 10.3. The lowest BCUT2D eigenvalue weighted by Gasteiger charge is -2.41. The zero-order valence-corrected chi connectivity index (χ0v) is 13.6. The predicted molar refractivity (Wildman–Crippen MR) is 88.9 cm³/mol. The van der Waals surface area contributed by atoms with Crippen molar-refractivity contribution in [3.8, 4) is 0 Å². The number of rotatable bonds is 2. The number of halogens is 1. The number of piperidine rings is 1. The Labute approximate surface area is 133 Å². The number of benzene rings is 1. The monoisotopic (exact) mass is 303 g/mol. The average Bonchev–Trinajstić information content (AvgIpc) is 2.86. The lowest BCUT2D eigenvalue weighted by atomic mass is 9.82. The minimum absolute atomic E-state index is 0.722. The molecule has 1 nitrogen and oxygen atoms in total. The van der Waals surface area contributed by atoms with Crippen LogP contribution in [0.15, 0.2) is 24.3 Å². The zero-order valence-electron chi connectivity index (χ0n) is 12.8. The van der Waals surface area contributed by atoms with Gasteiger partial charge in [0.15, 0.2) is 0 Å². The summed E-state index contributed by atoms with van der Waals surface area (Å²) in [6.07, 6.45) is 10.2. The number of fused-ring (bicyclic) bond motifs is 2. The summed E-state index contributed by atoms with van der Waals surface area (Å²) in [6.45, 7) is 2.59. The van der Waals surface area contributed by atoms with E-state index >= 15 is 0 Å². The van der Waals surface area contributed by atoms with Crippen molar-refractivity contribution in [1.29, 1.82) is 0 Å². The highest BCUT2D eigenvalue weighted by Crippen LogP contribution is 2.44. The van der Waals surface area contributed by atoms with Crippen LogP contribution in [-0.4, -0.2) is 24.0 Å². The van der Waals surface area contributed by atoms with Crippen molar-refractivity contribution >= 4 is 11.6 Å². The summed E-state index contributed by atoms with van der Waals surface area (Å²) in [5.74, 6) is 2.83. The lowest BCUT2D eigenvalue weighted by Crippen LogP contribution is -2.43. The van der Waals surface area contributed by atoms with Gasteiger partial charge in [0.25, 0.3) is 0 Å². The molecule has 2 saturated carbocycles. The third-order valence-corrected chi connectivity index (χ3v) is 6.46. The van der Waals surface area contributed by atoms with E-state index in [1.807, 2.05) is 6.07 Å². The Morgan fingerprint density at radius 1 is 0.905 bits per heavy atom. The van der Waals surface area contributed by atoms with Gasteiger partial charge in [-0.05, 0) is 80.6 Å². The number of likely N-dealkylation sites (tertiary alicyclic amines) is 1. The maximum Gasteiger partial charge on any atom is 0.0408 e. The molecule has 0 N–H and O–H groups in total. The van der Waals surface area contributed by atoms with Crippen LogP contribution in [0, 0.1) is 11.8 Å². The van der Waals surface area contributed by atoms with E-state index in [4.69, 9.17) is 11.6 Å². The molecule has 2 heteroatoms. The maximum atomic E-state index is 6.14. The summed E-state index contributed by atoms with van der Waals surface area (Å²) < 4.78 is 0. The molecule has 1 aromatic rings. The highest BCUT2D eigenvalue weighted by Gasteiger charge is 2.37. The molecule has 1 aliphatic heterocycles. The van der Waals surface area contributed by atoms with E-state index < -0.39 is 0 Å². The lowest BCUT2D eigenvalue weighted by molar-refractivity contribution is 0.0984. The molecule has 1 saturated heterocycles. The Morgan fingerprint density at radius 2 is 1.62 bits per heavy atom. The van der Waals surface area contributed by atoms with E-state index in [-0.39, 0.29) is 0 Å². The largest absolute Gasteiger partial charge is 0.300 e. The first kappa shape index (κ1) is 14.1. The van der Waals surface area contributed by atoms with Gasteiger partial charge in [0.1, 0.15) is 0 Å². The Hall–Kier alpha value is -0.530.